The largest absolute Gasteiger partial charge is 0.244 e. The normalized spacial score (nSPS) is 14.8. The van der Waals surface area contributed by atoms with Crippen molar-refractivity contribution in [1.82, 2.24) is 15.0 Å². The Hall–Kier alpha value is -1.94. The Bertz CT molecular complexity index is 806. The Morgan fingerprint density at radius 3 is 2.62 bits per heavy atom. The van der Waals surface area contributed by atoms with Crippen LogP contribution in [-0.2, 0) is 6.54 Å². The molecular weight excluding hydrogens is 289 g/mol. The molecule has 0 saturated heterocycles. The van der Waals surface area contributed by atoms with Crippen LogP contribution in [0.5, 0.6) is 0 Å². The number of nitrogens with zero attached hydrogens (tertiary/aromatic N) is 3. The third-order valence-corrected chi connectivity index (χ3v) is 4.29. The Labute approximate surface area is 126 Å². The number of hydrogen-bond acceptors (Lipinski definition) is 2. The highest BCUT2D eigenvalue weighted by atomic mass is 35.5. The van der Waals surface area contributed by atoms with Gasteiger partial charge in [-0.15, -0.1) is 5.10 Å². The quantitative estimate of drug-likeness (QED) is 0.722. The Kier molecular flexibility index (Phi) is 2.93. The summed E-state index contributed by atoms with van der Waals surface area (Å²) in [5, 5.41) is 8.99. The van der Waals surface area contributed by atoms with Crippen molar-refractivity contribution in [3.8, 4) is 11.1 Å². The molecule has 0 atom stereocenters. The van der Waals surface area contributed by atoms with E-state index in [0.717, 1.165) is 29.1 Å². The van der Waals surface area contributed by atoms with Gasteiger partial charge in [-0.25, -0.2) is 9.07 Å². The average molecular weight is 302 g/mol. The molecule has 0 amide bonds. The maximum atomic E-state index is 13.0. The maximum Gasteiger partial charge on any atom is 0.132 e. The van der Waals surface area contributed by atoms with E-state index in [-0.39, 0.29) is 5.82 Å². The first-order valence-corrected chi connectivity index (χ1v) is 7.38. The van der Waals surface area contributed by atoms with E-state index in [9.17, 15) is 4.39 Å². The summed E-state index contributed by atoms with van der Waals surface area (Å²) >= 11 is 6.47. The Morgan fingerprint density at radius 1 is 1.14 bits per heavy atom. The molecule has 106 valence electrons. The summed E-state index contributed by atoms with van der Waals surface area (Å²) in [6.07, 6.45) is 2.53. The van der Waals surface area contributed by atoms with Gasteiger partial charge < -0.3 is 0 Å². The van der Waals surface area contributed by atoms with Crippen LogP contribution in [-0.4, -0.2) is 15.0 Å². The summed E-state index contributed by atoms with van der Waals surface area (Å²) in [5.41, 5.74) is 3.39. The molecule has 4 rings (SSSR count). The summed E-state index contributed by atoms with van der Waals surface area (Å²) in [6.45, 7) is 0.905. The van der Waals surface area contributed by atoms with Gasteiger partial charge in [0.15, 0.2) is 0 Å². The summed E-state index contributed by atoms with van der Waals surface area (Å²) in [7, 11) is 0. The predicted octanol–water partition coefficient (Wildman–Crippen LogP) is 4.30. The maximum absolute atomic E-state index is 13.0. The highest BCUT2D eigenvalue weighted by molar-refractivity contribution is 6.37. The molecule has 1 aliphatic rings. The first-order valence-electron chi connectivity index (χ1n) is 7.00. The SMILES string of the molecule is Fc1ccc(-c2ccc3c(nnn3CC3CC3)c2Cl)cc1. The molecule has 21 heavy (non-hydrogen) atoms. The number of fused-ring (bicyclic) bond motifs is 1. The highest BCUT2D eigenvalue weighted by Gasteiger charge is 2.23. The van der Waals surface area contributed by atoms with Crippen LogP contribution in [0.15, 0.2) is 36.4 Å². The van der Waals surface area contributed by atoms with E-state index in [2.05, 4.69) is 10.3 Å². The van der Waals surface area contributed by atoms with E-state index in [1.165, 1.54) is 25.0 Å². The second kappa shape index (κ2) is 4.81. The van der Waals surface area contributed by atoms with Crippen molar-refractivity contribution in [3.05, 3.63) is 47.2 Å². The van der Waals surface area contributed by atoms with E-state index in [1.54, 1.807) is 12.1 Å². The molecule has 2 aromatic carbocycles. The van der Waals surface area contributed by atoms with Crippen LogP contribution in [0.4, 0.5) is 4.39 Å². The van der Waals surface area contributed by atoms with Crippen LogP contribution >= 0.6 is 11.6 Å². The van der Waals surface area contributed by atoms with Crippen LogP contribution in [0.25, 0.3) is 22.2 Å². The van der Waals surface area contributed by atoms with Gasteiger partial charge in [-0.1, -0.05) is 35.0 Å². The lowest BCUT2D eigenvalue weighted by Crippen LogP contribution is -2.01. The van der Waals surface area contributed by atoms with Crippen molar-refractivity contribution in [2.45, 2.75) is 19.4 Å². The monoisotopic (exact) mass is 301 g/mol. The Balaban J connectivity index is 1.80. The summed E-state index contributed by atoms with van der Waals surface area (Å²) in [4.78, 5) is 0. The molecule has 5 heteroatoms. The second-order valence-electron chi connectivity index (χ2n) is 5.52. The lowest BCUT2D eigenvalue weighted by atomic mass is 10.0. The van der Waals surface area contributed by atoms with E-state index in [4.69, 9.17) is 11.6 Å². The van der Waals surface area contributed by atoms with Crippen molar-refractivity contribution in [3.63, 3.8) is 0 Å². The fraction of sp³-hybridized carbons (Fsp3) is 0.250. The molecule has 1 heterocycles. The third kappa shape index (κ3) is 2.29. The van der Waals surface area contributed by atoms with Crippen LogP contribution in [0, 0.1) is 11.7 Å². The lowest BCUT2D eigenvalue weighted by molar-refractivity contribution is 0.559. The van der Waals surface area contributed by atoms with Crippen molar-refractivity contribution in [2.75, 3.05) is 0 Å². The molecule has 1 fully saturated rings. The molecule has 0 bridgehead atoms. The molecule has 0 N–H and O–H groups in total. The number of benzene rings is 2. The predicted molar refractivity (Wildman–Crippen MR) is 80.7 cm³/mol. The molecule has 0 aliphatic heterocycles. The van der Waals surface area contributed by atoms with Crippen molar-refractivity contribution in [1.29, 1.82) is 0 Å². The number of halogens is 2. The molecule has 0 radical (unpaired) electrons. The molecule has 1 aliphatic carbocycles. The van der Waals surface area contributed by atoms with E-state index >= 15 is 0 Å². The highest BCUT2D eigenvalue weighted by Crippen LogP contribution is 2.35. The summed E-state index contributed by atoms with van der Waals surface area (Å²) in [6, 6.07) is 10.2. The molecule has 3 nitrogen and oxygen atoms in total. The van der Waals surface area contributed by atoms with Crippen LogP contribution in [0.2, 0.25) is 5.02 Å². The van der Waals surface area contributed by atoms with Gasteiger partial charge in [0.1, 0.15) is 11.3 Å². The van der Waals surface area contributed by atoms with Gasteiger partial charge in [-0.05, 0) is 42.5 Å². The van der Waals surface area contributed by atoms with E-state index in [0.29, 0.717) is 10.5 Å². The smallest absolute Gasteiger partial charge is 0.132 e. The van der Waals surface area contributed by atoms with Crippen LogP contribution < -0.4 is 0 Å². The van der Waals surface area contributed by atoms with Crippen molar-refractivity contribution >= 4 is 22.6 Å². The number of hydrogen-bond donors (Lipinski definition) is 0. The topological polar surface area (TPSA) is 30.7 Å². The number of rotatable bonds is 3. The average Bonchev–Trinajstić information content (AvgIpc) is 3.20. The van der Waals surface area contributed by atoms with Gasteiger partial charge in [-0.3, -0.25) is 0 Å². The summed E-state index contributed by atoms with van der Waals surface area (Å²) < 4.78 is 15.0. The fourth-order valence-corrected chi connectivity index (χ4v) is 2.84. The van der Waals surface area contributed by atoms with Crippen LogP contribution in [0.3, 0.4) is 0 Å². The minimum absolute atomic E-state index is 0.258. The molecule has 3 aromatic rings. The summed E-state index contributed by atoms with van der Waals surface area (Å²) in [5.74, 6) is 0.469. The molecule has 0 unspecified atom stereocenters. The van der Waals surface area contributed by atoms with Gasteiger partial charge in [0.2, 0.25) is 0 Å². The van der Waals surface area contributed by atoms with Gasteiger partial charge >= 0.3 is 0 Å². The molecule has 1 aromatic heterocycles. The minimum atomic E-state index is -0.258. The number of aromatic nitrogens is 3. The van der Waals surface area contributed by atoms with Crippen molar-refractivity contribution < 1.29 is 4.39 Å². The molecular formula is C16H13ClFN3. The first-order chi connectivity index (χ1) is 10.2. The third-order valence-electron chi connectivity index (χ3n) is 3.91. The fourth-order valence-electron chi connectivity index (χ4n) is 2.54. The zero-order chi connectivity index (χ0) is 14.4. The molecule has 1 saturated carbocycles. The first kappa shape index (κ1) is 12.8. The van der Waals surface area contributed by atoms with Gasteiger partial charge in [0, 0.05) is 12.1 Å². The molecule has 0 spiro atoms. The van der Waals surface area contributed by atoms with Gasteiger partial charge in [0.05, 0.1) is 10.5 Å². The van der Waals surface area contributed by atoms with Gasteiger partial charge in [-0.2, -0.15) is 0 Å². The second-order valence-corrected chi connectivity index (χ2v) is 5.89. The van der Waals surface area contributed by atoms with Crippen molar-refractivity contribution in [2.24, 2.45) is 5.92 Å². The van der Waals surface area contributed by atoms with Gasteiger partial charge in [0.25, 0.3) is 0 Å². The van der Waals surface area contributed by atoms with Crippen LogP contribution in [0.1, 0.15) is 12.8 Å². The van der Waals surface area contributed by atoms with E-state index in [1.807, 2.05) is 16.8 Å². The standard InChI is InChI=1S/C16H13ClFN3/c17-15-13(11-3-5-12(18)6-4-11)7-8-14-16(15)19-20-21(14)9-10-1-2-10/h3-8,10H,1-2,9H2. The Morgan fingerprint density at radius 2 is 1.90 bits per heavy atom. The lowest BCUT2D eigenvalue weighted by Gasteiger charge is -2.06. The zero-order valence-electron chi connectivity index (χ0n) is 11.3. The zero-order valence-corrected chi connectivity index (χ0v) is 12.0. The van der Waals surface area contributed by atoms with E-state index < -0.39 is 0 Å². The minimum Gasteiger partial charge on any atom is -0.244 e.